The number of benzene rings is 1. The fraction of sp³-hybridized carbons (Fsp3) is 0.357. The standard InChI is InChI=1S/C14H16FNO2/c15-12-6-3-11(4-7-12)5-8-14(18)16-9-1-2-13(17)10-16/h3-8,13,17H,1-2,9-10H2/b8-5+/t13-/m0/s1. The van der Waals surface area contributed by atoms with Gasteiger partial charge in [0.2, 0.25) is 5.91 Å². The second kappa shape index (κ2) is 5.78. The fourth-order valence-corrected chi connectivity index (χ4v) is 2.00. The van der Waals surface area contributed by atoms with E-state index < -0.39 is 6.10 Å². The van der Waals surface area contributed by atoms with E-state index in [2.05, 4.69) is 0 Å². The van der Waals surface area contributed by atoms with E-state index in [0.717, 1.165) is 18.4 Å². The Bertz CT molecular complexity index is 442. The lowest BCUT2D eigenvalue weighted by Crippen LogP contribution is -2.41. The number of hydrogen-bond donors (Lipinski definition) is 1. The SMILES string of the molecule is O=C(/C=C/c1ccc(F)cc1)N1CCC[C@H](O)C1. The minimum atomic E-state index is -0.415. The Balaban J connectivity index is 1.96. The molecule has 1 aliphatic heterocycles. The first-order valence-electron chi connectivity index (χ1n) is 6.06. The van der Waals surface area contributed by atoms with Crippen molar-refractivity contribution in [1.29, 1.82) is 0 Å². The molecule has 0 unspecified atom stereocenters. The predicted molar refractivity (Wildman–Crippen MR) is 67.3 cm³/mol. The maximum atomic E-state index is 12.7. The van der Waals surface area contributed by atoms with Gasteiger partial charge in [0.25, 0.3) is 0 Å². The minimum Gasteiger partial charge on any atom is -0.391 e. The second-order valence-corrected chi connectivity index (χ2v) is 4.47. The molecule has 0 spiro atoms. The van der Waals surface area contributed by atoms with Crippen LogP contribution in [0.25, 0.3) is 6.08 Å². The Hall–Kier alpha value is -1.68. The van der Waals surface area contributed by atoms with Crippen molar-refractivity contribution in [3.63, 3.8) is 0 Å². The molecular formula is C14H16FNO2. The van der Waals surface area contributed by atoms with Gasteiger partial charge in [0.05, 0.1) is 6.10 Å². The molecule has 1 atom stereocenters. The van der Waals surface area contributed by atoms with Crippen LogP contribution in [-0.4, -0.2) is 35.1 Å². The number of aliphatic hydroxyl groups is 1. The Kier molecular flexibility index (Phi) is 4.10. The third-order valence-corrected chi connectivity index (χ3v) is 3.00. The molecule has 1 heterocycles. The quantitative estimate of drug-likeness (QED) is 0.812. The molecule has 0 saturated carbocycles. The van der Waals surface area contributed by atoms with Gasteiger partial charge in [-0.1, -0.05) is 12.1 Å². The number of halogens is 1. The second-order valence-electron chi connectivity index (χ2n) is 4.47. The van der Waals surface area contributed by atoms with Gasteiger partial charge in [-0.05, 0) is 36.6 Å². The summed E-state index contributed by atoms with van der Waals surface area (Å²) in [6.07, 6.45) is 4.29. The van der Waals surface area contributed by atoms with Gasteiger partial charge in [-0.25, -0.2) is 4.39 Å². The molecule has 0 radical (unpaired) electrons. The van der Waals surface area contributed by atoms with Crippen molar-refractivity contribution in [2.24, 2.45) is 0 Å². The topological polar surface area (TPSA) is 40.5 Å². The third-order valence-electron chi connectivity index (χ3n) is 3.00. The molecule has 1 aromatic rings. The molecule has 1 N–H and O–H groups in total. The zero-order valence-electron chi connectivity index (χ0n) is 10.1. The van der Waals surface area contributed by atoms with Crippen molar-refractivity contribution >= 4 is 12.0 Å². The van der Waals surface area contributed by atoms with E-state index in [1.165, 1.54) is 18.2 Å². The van der Waals surface area contributed by atoms with E-state index in [1.54, 1.807) is 23.1 Å². The van der Waals surface area contributed by atoms with Gasteiger partial charge < -0.3 is 10.0 Å². The molecule has 1 aromatic carbocycles. The summed E-state index contributed by atoms with van der Waals surface area (Å²) in [5.41, 5.74) is 0.780. The van der Waals surface area contributed by atoms with Crippen LogP contribution in [0.1, 0.15) is 18.4 Å². The van der Waals surface area contributed by atoms with Crippen molar-refractivity contribution in [3.05, 3.63) is 41.7 Å². The zero-order chi connectivity index (χ0) is 13.0. The van der Waals surface area contributed by atoms with Crippen LogP contribution in [-0.2, 0) is 4.79 Å². The fourth-order valence-electron chi connectivity index (χ4n) is 2.00. The van der Waals surface area contributed by atoms with Gasteiger partial charge >= 0.3 is 0 Å². The summed E-state index contributed by atoms with van der Waals surface area (Å²) in [6.45, 7) is 1.08. The van der Waals surface area contributed by atoms with Crippen molar-refractivity contribution in [2.45, 2.75) is 18.9 Å². The molecule has 1 saturated heterocycles. The van der Waals surface area contributed by atoms with Crippen LogP contribution in [0.4, 0.5) is 4.39 Å². The van der Waals surface area contributed by atoms with Crippen LogP contribution in [0.15, 0.2) is 30.3 Å². The van der Waals surface area contributed by atoms with E-state index in [-0.39, 0.29) is 11.7 Å². The van der Waals surface area contributed by atoms with Crippen LogP contribution in [0, 0.1) is 5.82 Å². The Morgan fingerprint density at radius 1 is 1.39 bits per heavy atom. The number of nitrogens with zero attached hydrogens (tertiary/aromatic N) is 1. The molecule has 1 fully saturated rings. The highest BCUT2D eigenvalue weighted by Crippen LogP contribution is 2.11. The lowest BCUT2D eigenvalue weighted by molar-refractivity contribution is -0.128. The molecule has 96 valence electrons. The number of rotatable bonds is 2. The largest absolute Gasteiger partial charge is 0.391 e. The van der Waals surface area contributed by atoms with Crippen LogP contribution >= 0.6 is 0 Å². The van der Waals surface area contributed by atoms with Gasteiger partial charge in [-0.3, -0.25) is 4.79 Å². The minimum absolute atomic E-state index is 0.113. The zero-order valence-corrected chi connectivity index (χ0v) is 10.1. The first-order valence-corrected chi connectivity index (χ1v) is 6.06. The Morgan fingerprint density at radius 3 is 2.78 bits per heavy atom. The number of β-amino-alcohol motifs (C(OH)–C–C–N with tert-alkyl or cyclic N) is 1. The number of hydrogen-bond acceptors (Lipinski definition) is 2. The van der Waals surface area contributed by atoms with Crippen molar-refractivity contribution in [3.8, 4) is 0 Å². The Morgan fingerprint density at radius 2 is 2.11 bits per heavy atom. The highest BCUT2D eigenvalue weighted by molar-refractivity contribution is 5.91. The molecule has 1 aliphatic rings. The molecule has 4 heteroatoms. The van der Waals surface area contributed by atoms with Gasteiger partial charge in [0.1, 0.15) is 5.82 Å². The van der Waals surface area contributed by atoms with E-state index in [4.69, 9.17) is 0 Å². The summed E-state index contributed by atoms with van der Waals surface area (Å²) in [5.74, 6) is -0.407. The average Bonchev–Trinajstić information content (AvgIpc) is 2.38. The summed E-state index contributed by atoms with van der Waals surface area (Å²) in [7, 11) is 0. The molecule has 0 aliphatic carbocycles. The molecule has 0 aromatic heterocycles. The number of likely N-dealkylation sites (tertiary alicyclic amines) is 1. The van der Waals surface area contributed by atoms with Gasteiger partial charge in [-0.2, -0.15) is 0 Å². The molecular weight excluding hydrogens is 233 g/mol. The highest BCUT2D eigenvalue weighted by atomic mass is 19.1. The molecule has 1 amide bonds. The van der Waals surface area contributed by atoms with Crippen molar-refractivity contribution in [2.75, 3.05) is 13.1 Å². The van der Waals surface area contributed by atoms with Crippen LogP contribution in [0.3, 0.4) is 0 Å². The average molecular weight is 249 g/mol. The van der Waals surface area contributed by atoms with E-state index in [0.29, 0.717) is 13.1 Å². The monoisotopic (exact) mass is 249 g/mol. The van der Waals surface area contributed by atoms with Gasteiger partial charge in [0.15, 0.2) is 0 Å². The summed E-state index contributed by atoms with van der Waals surface area (Å²) >= 11 is 0. The van der Waals surface area contributed by atoms with Crippen molar-refractivity contribution in [1.82, 2.24) is 4.90 Å². The highest BCUT2D eigenvalue weighted by Gasteiger charge is 2.20. The summed E-state index contributed by atoms with van der Waals surface area (Å²) < 4.78 is 12.7. The van der Waals surface area contributed by atoms with E-state index in [1.807, 2.05) is 0 Å². The normalized spacial score (nSPS) is 20.3. The van der Waals surface area contributed by atoms with E-state index in [9.17, 15) is 14.3 Å². The van der Waals surface area contributed by atoms with Crippen LogP contribution in [0.5, 0.6) is 0 Å². The third kappa shape index (κ3) is 3.40. The lowest BCUT2D eigenvalue weighted by atomic mass is 10.1. The Labute approximate surface area is 106 Å². The van der Waals surface area contributed by atoms with E-state index >= 15 is 0 Å². The molecule has 0 bridgehead atoms. The summed E-state index contributed by atoms with van der Waals surface area (Å²) in [4.78, 5) is 13.5. The number of carbonyl (C=O) groups is 1. The van der Waals surface area contributed by atoms with Crippen LogP contribution < -0.4 is 0 Å². The number of aliphatic hydroxyl groups excluding tert-OH is 1. The molecule has 2 rings (SSSR count). The van der Waals surface area contributed by atoms with Gasteiger partial charge in [-0.15, -0.1) is 0 Å². The summed E-state index contributed by atoms with van der Waals surface area (Å²) in [5, 5.41) is 9.48. The summed E-state index contributed by atoms with van der Waals surface area (Å²) in [6, 6.07) is 5.94. The maximum Gasteiger partial charge on any atom is 0.246 e. The molecule has 3 nitrogen and oxygen atoms in total. The smallest absolute Gasteiger partial charge is 0.246 e. The van der Waals surface area contributed by atoms with Crippen molar-refractivity contribution < 1.29 is 14.3 Å². The van der Waals surface area contributed by atoms with Crippen LogP contribution in [0.2, 0.25) is 0 Å². The molecule has 18 heavy (non-hydrogen) atoms. The first kappa shape index (κ1) is 12.8. The first-order chi connectivity index (χ1) is 8.65. The maximum absolute atomic E-state index is 12.7. The number of amides is 1. The van der Waals surface area contributed by atoms with Gasteiger partial charge in [0, 0.05) is 19.2 Å². The lowest BCUT2D eigenvalue weighted by Gasteiger charge is -2.29. The predicted octanol–water partition coefficient (Wildman–Crippen LogP) is 1.82. The number of carbonyl (C=O) groups excluding carboxylic acids is 1. The number of piperidine rings is 1.